The molecule has 0 atom stereocenters. The molecule has 0 radical (unpaired) electrons. The quantitative estimate of drug-likeness (QED) is 0.896. The molecule has 130 valence electrons. The number of nitrogens with one attached hydrogen (secondary N) is 2. The highest BCUT2D eigenvalue weighted by Crippen LogP contribution is 2.26. The van der Waals surface area contributed by atoms with Gasteiger partial charge in [-0.05, 0) is 43.5 Å². The van der Waals surface area contributed by atoms with Crippen molar-refractivity contribution >= 4 is 17.5 Å². The second-order valence-corrected chi connectivity index (χ2v) is 6.90. The summed E-state index contributed by atoms with van der Waals surface area (Å²) >= 11 is 0. The molecule has 0 spiro atoms. The molecule has 1 aromatic carbocycles. The van der Waals surface area contributed by atoms with Gasteiger partial charge in [-0.15, -0.1) is 0 Å². The van der Waals surface area contributed by atoms with E-state index >= 15 is 0 Å². The Kier molecular flexibility index (Phi) is 5.51. The van der Waals surface area contributed by atoms with E-state index in [0.717, 1.165) is 63.1 Å². The fraction of sp³-hybridized carbons (Fsp3) is 0.579. The molecule has 1 aromatic rings. The highest BCUT2D eigenvalue weighted by Gasteiger charge is 2.22. The van der Waals surface area contributed by atoms with E-state index in [4.69, 9.17) is 0 Å². The van der Waals surface area contributed by atoms with Crippen LogP contribution in [0, 0.1) is 12.8 Å². The monoisotopic (exact) mass is 329 g/mol. The van der Waals surface area contributed by atoms with Gasteiger partial charge in [0.1, 0.15) is 0 Å². The van der Waals surface area contributed by atoms with Crippen molar-refractivity contribution in [2.24, 2.45) is 5.92 Å². The van der Waals surface area contributed by atoms with Gasteiger partial charge in [-0.3, -0.25) is 9.59 Å². The third kappa shape index (κ3) is 3.96. The minimum absolute atomic E-state index is 0.0738. The molecule has 24 heavy (non-hydrogen) atoms. The lowest BCUT2D eigenvalue weighted by Crippen LogP contribution is -2.46. The van der Waals surface area contributed by atoms with Gasteiger partial charge >= 0.3 is 0 Å². The zero-order chi connectivity index (χ0) is 16.9. The Morgan fingerprint density at radius 3 is 2.50 bits per heavy atom. The lowest BCUT2D eigenvalue weighted by Gasteiger charge is -2.27. The molecule has 3 rings (SSSR count). The maximum absolute atomic E-state index is 12.5. The summed E-state index contributed by atoms with van der Waals surface area (Å²) in [5.74, 6) is 0.337. The van der Waals surface area contributed by atoms with Crippen molar-refractivity contribution in [2.75, 3.05) is 31.5 Å². The SMILES string of the molecule is Cc1cc(C(=O)N2CCNCC2)ccc1NC(=O)C1CCCCC1. The molecule has 1 aliphatic carbocycles. The smallest absolute Gasteiger partial charge is 0.253 e. The number of piperazine rings is 1. The fourth-order valence-electron chi connectivity index (χ4n) is 3.59. The molecule has 2 amide bonds. The molecule has 1 heterocycles. The molecule has 1 saturated carbocycles. The van der Waals surface area contributed by atoms with Crippen LogP contribution in [0.2, 0.25) is 0 Å². The van der Waals surface area contributed by atoms with Gasteiger partial charge in [0, 0.05) is 43.3 Å². The Labute approximate surface area is 143 Å². The van der Waals surface area contributed by atoms with Crippen LogP contribution in [0.25, 0.3) is 0 Å². The van der Waals surface area contributed by atoms with Gasteiger partial charge in [0.25, 0.3) is 5.91 Å². The van der Waals surface area contributed by atoms with Gasteiger partial charge in [-0.25, -0.2) is 0 Å². The lowest BCUT2D eigenvalue weighted by atomic mass is 9.88. The van der Waals surface area contributed by atoms with E-state index in [1.165, 1.54) is 6.42 Å². The van der Waals surface area contributed by atoms with Crippen LogP contribution in [0.5, 0.6) is 0 Å². The number of carbonyl (C=O) groups is 2. The van der Waals surface area contributed by atoms with Gasteiger partial charge < -0.3 is 15.5 Å². The first kappa shape index (κ1) is 17.0. The highest BCUT2D eigenvalue weighted by atomic mass is 16.2. The number of benzene rings is 1. The van der Waals surface area contributed by atoms with Crippen LogP contribution in [0.4, 0.5) is 5.69 Å². The molecule has 5 heteroatoms. The number of rotatable bonds is 3. The molecular formula is C19H27N3O2. The number of carbonyl (C=O) groups excluding carboxylic acids is 2. The van der Waals surface area contributed by atoms with E-state index in [1.54, 1.807) is 0 Å². The van der Waals surface area contributed by atoms with Crippen molar-refractivity contribution in [2.45, 2.75) is 39.0 Å². The first-order valence-electron chi connectivity index (χ1n) is 9.06. The van der Waals surface area contributed by atoms with E-state index in [1.807, 2.05) is 30.0 Å². The Morgan fingerprint density at radius 2 is 1.83 bits per heavy atom. The topological polar surface area (TPSA) is 61.4 Å². The molecule has 5 nitrogen and oxygen atoms in total. The third-order valence-electron chi connectivity index (χ3n) is 5.11. The predicted octanol–water partition coefficient (Wildman–Crippen LogP) is 2.56. The summed E-state index contributed by atoms with van der Waals surface area (Å²) in [6.07, 6.45) is 5.52. The van der Waals surface area contributed by atoms with Crippen molar-refractivity contribution < 1.29 is 9.59 Å². The maximum atomic E-state index is 12.5. The average Bonchev–Trinajstić information content (AvgIpc) is 2.64. The molecule has 0 aromatic heterocycles. The van der Waals surface area contributed by atoms with Crippen LogP contribution in [-0.2, 0) is 4.79 Å². The van der Waals surface area contributed by atoms with E-state index in [0.29, 0.717) is 5.56 Å². The lowest BCUT2D eigenvalue weighted by molar-refractivity contribution is -0.120. The van der Waals surface area contributed by atoms with Crippen LogP contribution in [-0.4, -0.2) is 42.9 Å². The van der Waals surface area contributed by atoms with Crippen LogP contribution in [0.3, 0.4) is 0 Å². The zero-order valence-electron chi connectivity index (χ0n) is 14.4. The van der Waals surface area contributed by atoms with Gasteiger partial charge in [0.2, 0.25) is 5.91 Å². The maximum Gasteiger partial charge on any atom is 0.253 e. The molecule has 0 bridgehead atoms. The number of amides is 2. The molecular weight excluding hydrogens is 302 g/mol. The number of nitrogens with zero attached hydrogens (tertiary/aromatic N) is 1. The van der Waals surface area contributed by atoms with E-state index < -0.39 is 0 Å². The Bertz CT molecular complexity index is 603. The standard InChI is InChI=1S/C19H27N3O2/c1-14-13-16(19(24)22-11-9-20-10-12-22)7-8-17(14)21-18(23)15-5-3-2-4-6-15/h7-8,13,15,20H,2-6,9-12H2,1H3,(H,21,23). The van der Waals surface area contributed by atoms with Crippen molar-refractivity contribution in [3.05, 3.63) is 29.3 Å². The third-order valence-corrected chi connectivity index (χ3v) is 5.11. The van der Waals surface area contributed by atoms with Gasteiger partial charge in [-0.1, -0.05) is 19.3 Å². The summed E-state index contributed by atoms with van der Waals surface area (Å²) in [4.78, 5) is 26.8. The summed E-state index contributed by atoms with van der Waals surface area (Å²) in [6.45, 7) is 5.14. The normalized spacial score (nSPS) is 19.1. The Hall–Kier alpha value is -1.88. The molecule has 2 N–H and O–H groups in total. The second-order valence-electron chi connectivity index (χ2n) is 6.90. The number of hydrogen-bond donors (Lipinski definition) is 2. The fourth-order valence-corrected chi connectivity index (χ4v) is 3.59. The van der Waals surface area contributed by atoms with E-state index in [9.17, 15) is 9.59 Å². The van der Waals surface area contributed by atoms with Crippen LogP contribution in [0.1, 0.15) is 48.0 Å². The van der Waals surface area contributed by atoms with Gasteiger partial charge in [-0.2, -0.15) is 0 Å². The second kappa shape index (κ2) is 7.79. The predicted molar refractivity (Wildman–Crippen MR) is 95.2 cm³/mol. The Balaban J connectivity index is 1.65. The van der Waals surface area contributed by atoms with Crippen molar-refractivity contribution in [1.82, 2.24) is 10.2 Å². The van der Waals surface area contributed by atoms with Crippen LogP contribution >= 0.6 is 0 Å². The summed E-state index contributed by atoms with van der Waals surface area (Å²) in [6, 6.07) is 5.58. The zero-order valence-corrected chi connectivity index (χ0v) is 14.4. The first-order valence-corrected chi connectivity index (χ1v) is 9.06. The number of hydrogen-bond acceptors (Lipinski definition) is 3. The Morgan fingerprint density at radius 1 is 1.12 bits per heavy atom. The first-order chi connectivity index (χ1) is 11.6. The molecule has 2 aliphatic rings. The van der Waals surface area contributed by atoms with Crippen LogP contribution in [0.15, 0.2) is 18.2 Å². The minimum Gasteiger partial charge on any atom is -0.336 e. The largest absolute Gasteiger partial charge is 0.336 e. The molecule has 1 aliphatic heterocycles. The minimum atomic E-state index is 0.0738. The van der Waals surface area contributed by atoms with E-state index in [2.05, 4.69) is 10.6 Å². The summed E-state index contributed by atoms with van der Waals surface area (Å²) in [5, 5.41) is 6.30. The van der Waals surface area contributed by atoms with E-state index in [-0.39, 0.29) is 17.7 Å². The summed E-state index contributed by atoms with van der Waals surface area (Å²) in [5.41, 5.74) is 2.47. The van der Waals surface area contributed by atoms with Gasteiger partial charge in [0.05, 0.1) is 0 Å². The molecule has 1 saturated heterocycles. The number of anilines is 1. The van der Waals surface area contributed by atoms with Crippen LogP contribution < -0.4 is 10.6 Å². The van der Waals surface area contributed by atoms with Gasteiger partial charge in [0.15, 0.2) is 0 Å². The van der Waals surface area contributed by atoms with Crippen molar-refractivity contribution in [3.63, 3.8) is 0 Å². The summed E-state index contributed by atoms with van der Waals surface area (Å²) < 4.78 is 0. The highest BCUT2D eigenvalue weighted by molar-refractivity contribution is 5.97. The van der Waals surface area contributed by atoms with Crippen molar-refractivity contribution in [1.29, 1.82) is 0 Å². The molecule has 0 unspecified atom stereocenters. The molecule has 2 fully saturated rings. The summed E-state index contributed by atoms with van der Waals surface area (Å²) in [7, 11) is 0. The number of aryl methyl sites for hydroxylation is 1. The average molecular weight is 329 g/mol. The van der Waals surface area contributed by atoms with Crippen molar-refractivity contribution in [3.8, 4) is 0 Å².